The van der Waals surface area contributed by atoms with Gasteiger partial charge in [-0.3, -0.25) is 0 Å². The van der Waals surface area contributed by atoms with E-state index < -0.39 is 0 Å². The lowest BCUT2D eigenvalue weighted by molar-refractivity contribution is 0.348. The molecular weight excluding hydrogens is 212 g/mol. The van der Waals surface area contributed by atoms with Crippen LogP contribution in [0.4, 0.5) is 5.69 Å². The molecule has 94 valence electrons. The van der Waals surface area contributed by atoms with Crippen molar-refractivity contribution in [2.75, 3.05) is 25.5 Å². The van der Waals surface area contributed by atoms with Crippen LogP contribution in [0.1, 0.15) is 24.8 Å². The topological polar surface area (TPSA) is 35.5 Å². The fraction of sp³-hybridized carbons (Fsp3) is 0.571. The molecule has 1 heterocycles. The van der Waals surface area contributed by atoms with Crippen LogP contribution in [0.3, 0.4) is 0 Å². The summed E-state index contributed by atoms with van der Waals surface area (Å²) in [4.78, 5) is 2.38. The number of rotatable bonds is 2. The lowest BCUT2D eigenvalue weighted by Crippen LogP contribution is -2.22. The highest BCUT2D eigenvalue weighted by molar-refractivity contribution is 5.51. The highest BCUT2D eigenvalue weighted by atomic mass is 16.3. The SMILES string of the molecule is Cc1ccc(NC2CCCN(C)CC2)cc1O. The van der Waals surface area contributed by atoms with Crippen molar-refractivity contribution in [1.29, 1.82) is 0 Å². The van der Waals surface area contributed by atoms with E-state index in [4.69, 9.17) is 0 Å². The predicted molar refractivity (Wildman–Crippen MR) is 71.6 cm³/mol. The van der Waals surface area contributed by atoms with Crippen molar-refractivity contribution >= 4 is 5.69 Å². The van der Waals surface area contributed by atoms with Crippen LogP contribution in [0, 0.1) is 6.92 Å². The lowest BCUT2D eigenvalue weighted by atomic mass is 10.1. The largest absolute Gasteiger partial charge is 0.508 e. The zero-order valence-corrected chi connectivity index (χ0v) is 10.7. The fourth-order valence-electron chi connectivity index (χ4n) is 2.32. The molecule has 1 unspecified atom stereocenters. The quantitative estimate of drug-likeness (QED) is 0.825. The Hall–Kier alpha value is -1.22. The van der Waals surface area contributed by atoms with Gasteiger partial charge in [-0.1, -0.05) is 6.07 Å². The Morgan fingerprint density at radius 2 is 2.12 bits per heavy atom. The summed E-state index contributed by atoms with van der Waals surface area (Å²) in [5.41, 5.74) is 1.96. The summed E-state index contributed by atoms with van der Waals surface area (Å²) in [5, 5.41) is 13.2. The smallest absolute Gasteiger partial charge is 0.120 e. The first kappa shape index (κ1) is 12.2. The standard InChI is InChI=1S/C14H22N2O/c1-11-5-6-13(10-14(11)17)15-12-4-3-8-16(2)9-7-12/h5-6,10,12,15,17H,3-4,7-9H2,1-2H3. The van der Waals surface area contributed by atoms with Crippen LogP contribution in [-0.4, -0.2) is 36.2 Å². The van der Waals surface area contributed by atoms with E-state index in [9.17, 15) is 5.11 Å². The van der Waals surface area contributed by atoms with Gasteiger partial charge >= 0.3 is 0 Å². The maximum absolute atomic E-state index is 9.68. The Labute approximate surface area is 103 Å². The molecule has 1 atom stereocenters. The number of nitrogens with zero attached hydrogens (tertiary/aromatic N) is 1. The second kappa shape index (κ2) is 5.41. The average molecular weight is 234 g/mol. The van der Waals surface area contributed by atoms with Crippen LogP contribution in [-0.2, 0) is 0 Å². The van der Waals surface area contributed by atoms with E-state index >= 15 is 0 Å². The maximum atomic E-state index is 9.68. The number of likely N-dealkylation sites (tertiary alicyclic amines) is 1. The van der Waals surface area contributed by atoms with Crippen LogP contribution < -0.4 is 5.32 Å². The molecule has 0 spiro atoms. The van der Waals surface area contributed by atoms with Gasteiger partial charge in [0.15, 0.2) is 0 Å². The van der Waals surface area contributed by atoms with Crippen LogP contribution in [0.15, 0.2) is 18.2 Å². The average Bonchev–Trinajstić information content (AvgIpc) is 2.49. The number of anilines is 1. The van der Waals surface area contributed by atoms with Crippen molar-refractivity contribution in [3.8, 4) is 5.75 Å². The van der Waals surface area contributed by atoms with E-state index in [0.29, 0.717) is 11.8 Å². The molecule has 0 saturated carbocycles. The zero-order valence-electron chi connectivity index (χ0n) is 10.7. The second-order valence-corrected chi connectivity index (χ2v) is 5.08. The van der Waals surface area contributed by atoms with Gasteiger partial charge in [-0.05, 0) is 58.0 Å². The predicted octanol–water partition coefficient (Wildman–Crippen LogP) is 2.60. The summed E-state index contributed by atoms with van der Waals surface area (Å²) in [5.74, 6) is 0.376. The molecule has 0 bridgehead atoms. The van der Waals surface area contributed by atoms with Gasteiger partial charge in [0.05, 0.1) is 0 Å². The number of phenolic OH excluding ortho intramolecular Hbond substituents is 1. The van der Waals surface area contributed by atoms with Gasteiger partial charge in [0.1, 0.15) is 5.75 Å². The first-order valence-corrected chi connectivity index (χ1v) is 6.40. The zero-order chi connectivity index (χ0) is 12.3. The first-order chi connectivity index (χ1) is 8.15. The summed E-state index contributed by atoms with van der Waals surface area (Å²) < 4.78 is 0. The molecule has 0 aromatic heterocycles. The summed E-state index contributed by atoms with van der Waals surface area (Å²) >= 11 is 0. The number of hydrogen-bond acceptors (Lipinski definition) is 3. The van der Waals surface area contributed by atoms with Crippen LogP contribution >= 0.6 is 0 Å². The summed E-state index contributed by atoms with van der Waals surface area (Å²) in [6.07, 6.45) is 3.62. The van der Waals surface area contributed by atoms with Crippen molar-refractivity contribution in [3.05, 3.63) is 23.8 Å². The third-order valence-electron chi connectivity index (χ3n) is 3.53. The Morgan fingerprint density at radius 1 is 1.29 bits per heavy atom. The Balaban J connectivity index is 1.97. The van der Waals surface area contributed by atoms with Crippen LogP contribution in [0.25, 0.3) is 0 Å². The second-order valence-electron chi connectivity index (χ2n) is 5.08. The number of benzene rings is 1. The highest BCUT2D eigenvalue weighted by Crippen LogP contribution is 2.23. The van der Waals surface area contributed by atoms with E-state index in [0.717, 1.165) is 17.8 Å². The molecule has 17 heavy (non-hydrogen) atoms. The van der Waals surface area contributed by atoms with Crippen molar-refractivity contribution in [3.63, 3.8) is 0 Å². The number of aryl methyl sites for hydroxylation is 1. The van der Waals surface area contributed by atoms with Crippen LogP contribution in [0.2, 0.25) is 0 Å². The molecule has 1 aromatic carbocycles. The Kier molecular flexibility index (Phi) is 3.89. The van der Waals surface area contributed by atoms with E-state index in [2.05, 4.69) is 17.3 Å². The fourth-order valence-corrected chi connectivity index (χ4v) is 2.32. The highest BCUT2D eigenvalue weighted by Gasteiger charge is 2.14. The maximum Gasteiger partial charge on any atom is 0.120 e. The van der Waals surface area contributed by atoms with Gasteiger partial charge in [0, 0.05) is 17.8 Å². The third kappa shape index (κ3) is 3.37. The number of phenols is 1. The number of nitrogens with one attached hydrogen (secondary N) is 1. The molecule has 2 rings (SSSR count). The van der Waals surface area contributed by atoms with E-state index in [1.807, 2.05) is 25.1 Å². The lowest BCUT2D eigenvalue weighted by Gasteiger charge is -2.18. The van der Waals surface area contributed by atoms with Gasteiger partial charge in [0.2, 0.25) is 0 Å². The summed E-state index contributed by atoms with van der Waals surface area (Å²) in [7, 11) is 2.18. The number of aromatic hydroxyl groups is 1. The van der Waals surface area contributed by atoms with E-state index in [1.54, 1.807) is 0 Å². The Morgan fingerprint density at radius 3 is 2.88 bits per heavy atom. The molecule has 1 aliphatic heterocycles. The molecule has 1 fully saturated rings. The summed E-state index contributed by atoms with van der Waals surface area (Å²) in [6, 6.07) is 6.36. The molecule has 1 aromatic rings. The molecule has 3 heteroatoms. The van der Waals surface area contributed by atoms with Crippen molar-refractivity contribution in [2.45, 2.75) is 32.2 Å². The van der Waals surface area contributed by atoms with Crippen molar-refractivity contribution in [1.82, 2.24) is 4.90 Å². The molecule has 1 saturated heterocycles. The third-order valence-corrected chi connectivity index (χ3v) is 3.53. The molecule has 0 amide bonds. The van der Waals surface area contributed by atoms with E-state index in [-0.39, 0.29) is 0 Å². The Bertz CT molecular complexity index is 378. The van der Waals surface area contributed by atoms with Gasteiger partial charge in [0.25, 0.3) is 0 Å². The first-order valence-electron chi connectivity index (χ1n) is 6.40. The number of hydrogen-bond donors (Lipinski definition) is 2. The molecule has 3 nitrogen and oxygen atoms in total. The molecule has 1 aliphatic rings. The molecular formula is C14H22N2O. The van der Waals surface area contributed by atoms with Crippen LogP contribution in [0.5, 0.6) is 5.75 Å². The van der Waals surface area contributed by atoms with Gasteiger partial charge in [-0.2, -0.15) is 0 Å². The minimum Gasteiger partial charge on any atom is -0.508 e. The van der Waals surface area contributed by atoms with Crippen molar-refractivity contribution in [2.24, 2.45) is 0 Å². The molecule has 0 radical (unpaired) electrons. The minimum atomic E-state index is 0.376. The molecule has 0 aliphatic carbocycles. The van der Waals surface area contributed by atoms with Crippen molar-refractivity contribution < 1.29 is 5.11 Å². The minimum absolute atomic E-state index is 0.376. The normalized spacial score (nSPS) is 22.1. The summed E-state index contributed by atoms with van der Waals surface area (Å²) in [6.45, 7) is 4.26. The molecule has 2 N–H and O–H groups in total. The van der Waals surface area contributed by atoms with E-state index in [1.165, 1.54) is 25.8 Å². The van der Waals surface area contributed by atoms with Gasteiger partial charge in [-0.15, -0.1) is 0 Å². The van der Waals surface area contributed by atoms with Gasteiger partial charge in [-0.25, -0.2) is 0 Å². The monoisotopic (exact) mass is 234 g/mol. The van der Waals surface area contributed by atoms with Gasteiger partial charge < -0.3 is 15.3 Å².